The molecule has 0 bridgehead atoms. The molecular weight excluding hydrogens is 351 g/mol. The van der Waals surface area contributed by atoms with E-state index < -0.39 is 20.6 Å². The number of halogens is 2. The summed E-state index contributed by atoms with van der Waals surface area (Å²) < 4.78 is 26.8. The number of anilines is 1. The van der Waals surface area contributed by atoms with Crippen LogP contribution in [0.3, 0.4) is 0 Å². The van der Waals surface area contributed by atoms with Gasteiger partial charge in [-0.05, 0) is 36.8 Å². The predicted octanol–water partition coefficient (Wildman–Crippen LogP) is 4.01. The van der Waals surface area contributed by atoms with Gasteiger partial charge in [0.25, 0.3) is 15.7 Å². The smallest absolute Gasteiger partial charge is 0.279 e. The molecular formula is C13H10Cl2N2O4S. The van der Waals surface area contributed by atoms with Crippen molar-refractivity contribution >= 4 is 44.6 Å². The Labute approximate surface area is 136 Å². The molecule has 0 aliphatic carbocycles. The van der Waals surface area contributed by atoms with Crippen LogP contribution in [0.2, 0.25) is 10.0 Å². The summed E-state index contributed by atoms with van der Waals surface area (Å²) in [6, 6.07) is 8.10. The number of sulfonamides is 1. The Morgan fingerprint density at radius 2 is 1.77 bits per heavy atom. The van der Waals surface area contributed by atoms with Crippen LogP contribution in [-0.4, -0.2) is 13.3 Å². The van der Waals surface area contributed by atoms with Crippen molar-refractivity contribution in [3.63, 3.8) is 0 Å². The molecule has 2 aromatic carbocycles. The highest BCUT2D eigenvalue weighted by Crippen LogP contribution is 2.30. The first-order valence-electron chi connectivity index (χ1n) is 5.93. The van der Waals surface area contributed by atoms with E-state index in [4.69, 9.17) is 23.2 Å². The molecule has 0 saturated heterocycles. The predicted molar refractivity (Wildman–Crippen MR) is 85.1 cm³/mol. The molecule has 0 unspecified atom stereocenters. The van der Waals surface area contributed by atoms with Crippen LogP contribution in [0.1, 0.15) is 5.56 Å². The van der Waals surface area contributed by atoms with Crippen molar-refractivity contribution in [3.05, 3.63) is 62.1 Å². The SMILES string of the molecule is Cc1ccc(S(=O)(=O)Nc2ccc(Cl)c([N+](=O)[O-])c2)c(Cl)c1. The lowest BCUT2D eigenvalue weighted by atomic mass is 10.2. The summed E-state index contributed by atoms with van der Waals surface area (Å²) in [6.07, 6.45) is 0. The lowest BCUT2D eigenvalue weighted by Gasteiger charge is -2.10. The average molecular weight is 361 g/mol. The van der Waals surface area contributed by atoms with E-state index in [1.807, 2.05) is 0 Å². The van der Waals surface area contributed by atoms with E-state index in [1.54, 1.807) is 13.0 Å². The molecule has 2 rings (SSSR count). The third-order valence-electron chi connectivity index (χ3n) is 2.77. The molecule has 0 spiro atoms. The Bertz CT molecular complexity index is 853. The second-order valence-corrected chi connectivity index (χ2v) is 6.93. The minimum atomic E-state index is -3.96. The third kappa shape index (κ3) is 3.49. The van der Waals surface area contributed by atoms with Gasteiger partial charge < -0.3 is 0 Å². The summed E-state index contributed by atoms with van der Waals surface area (Å²) in [7, 11) is -3.96. The number of nitro benzene ring substituents is 1. The molecule has 6 nitrogen and oxygen atoms in total. The molecule has 1 N–H and O–H groups in total. The van der Waals surface area contributed by atoms with E-state index in [0.717, 1.165) is 11.6 Å². The highest BCUT2D eigenvalue weighted by atomic mass is 35.5. The van der Waals surface area contributed by atoms with Crippen LogP contribution in [0.25, 0.3) is 0 Å². The number of benzene rings is 2. The van der Waals surface area contributed by atoms with E-state index in [2.05, 4.69) is 4.72 Å². The quantitative estimate of drug-likeness (QED) is 0.658. The fourth-order valence-electron chi connectivity index (χ4n) is 1.75. The molecule has 0 fully saturated rings. The molecule has 0 aliphatic rings. The summed E-state index contributed by atoms with van der Waals surface area (Å²) in [5.41, 5.74) is 0.440. The van der Waals surface area contributed by atoms with Crippen molar-refractivity contribution in [2.75, 3.05) is 4.72 Å². The first-order chi connectivity index (χ1) is 10.2. The van der Waals surface area contributed by atoms with Crippen molar-refractivity contribution < 1.29 is 13.3 Å². The van der Waals surface area contributed by atoms with Crippen molar-refractivity contribution in [1.29, 1.82) is 0 Å². The molecule has 0 radical (unpaired) electrons. The summed E-state index contributed by atoms with van der Waals surface area (Å²) in [5, 5.41) is 10.8. The van der Waals surface area contributed by atoms with Crippen LogP contribution in [0.5, 0.6) is 0 Å². The summed E-state index contributed by atoms with van der Waals surface area (Å²) in [5.74, 6) is 0. The fourth-order valence-corrected chi connectivity index (χ4v) is 3.59. The number of hydrogen-bond acceptors (Lipinski definition) is 4. The number of rotatable bonds is 4. The molecule has 0 heterocycles. The number of nitro groups is 1. The second kappa shape index (κ2) is 6.12. The number of hydrogen-bond donors (Lipinski definition) is 1. The van der Waals surface area contributed by atoms with E-state index in [9.17, 15) is 18.5 Å². The minimum Gasteiger partial charge on any atom is -0.279 e. The zero-order valence-corrected chi connectivity index (χ0v) is 13.5. The molecule has 116 valence electrons. The first kappa shape index (κ1) is 16.5. The topological polar surface area (TPSA) is 89.3 Å². The first-order valence-corrected chi connectivity index (χ1v) is 8.17. The van der Waals surface area contributed by atoms with Crippen molar-refractivity contribution in [2.24, 2.45) is 0 Å². The van der Waals surface area contributed by atoms with E-state index in [1.165, 1.54) is 24.3 Å². The van der Waals surface area contributed by atoms with Crippen LogP contribution in [0.15, 0.2) is 41.3 Å². The summed E-state index contributed by atoms with van der Waals surface area (Å²) in [4.78, 5) is 10.0. The summed E-state index contributed by atoms with van der Waals surface area (Å²) in [6.45, 7) is 1.78. The van der Waals surface area contributed by atoms with E-state index >= 15 is 0 Å². The molecule has 2 aromatic rings. The normalized spacial score (nSPS) is 11.2. The maximum atomic E-state index is 12.3. The van der Waals surface area contributed by atoms with Gasteiger partial charge in [0.1, 0.15) is 9.92 Å². The molecule has 0 atom stereocenters. The Hall–Kier alpha value is -1.83. The Kier molecular flexibility index (Phi) is 4.60. The number of nitrogens with one attached hydrogen (secondary N) is 1. The fraction of sp³-hybridized carbons (Fsp3) is 0.0769. The third-order valence-corrected chi connectivity index (χ3v) is 4.96. The van der Waals surface area contributed by atoms with Crippen molar-refractivity contribution in [1.82, 2.24) is 0 Å². The van der Waals surface area contributed by atoms with Gasteiger partial charge in [-0.25, -0.2) is 8.42 Å². The van der Waals surface area contributed by atoms with Gasteiger partial charge in [-0.2, -0.15) is 0 Å². The van der Waals surface area contributed by atoms with Gasteiger partial charge in [0, 0.05) is 6.07 Å². The van der Waals surface area contributed by atoms with Gasteiger partial charge in [-0.3, -0.25) is 14.8 Å². The van der Waals surface area contributed by atoms with Gasteiger partial charge in [-0.1, -0.05) is 29.3 Å². The molecule has 9 heteroatoms. The summed E-state index contributed by atoms with van der Waals surface area (Å²) >= 11 is 11.6. The van der Waals surface area contributed by atoms with Crippen LogP contribution >= 0.6 is 23.2 Å². The van der Waals surface area contributed by atoms with Crippen LogP contribution in [0, 0.1) is 17.0 Å². The van der Waals surface area contributed by atoms with Crippen LogP contribution < -0.4 is 4.72 Å². The zero-order valence-electron chi connectivity index (χ0n) is 11.2. The lowest BCUT2D eigenvalue weighted by Crippen LogP contribution is -2.13. The molecule has 0 saturated carbocycles. The van der Waals surface area contributed by atoms with E-state index in [0.29, 0.717) is 0 Å². The second-order valence-electron chi connectivity index (χ2n) is 4.46. The average Bonchev–Trinajstić information content (AvgIpc) is 2.39. The molecule has 0 aliphatic heterocycles. The standard InChI is InChI=1S/C13H10Cl2N2O4S/c1-8-2-5-13(11(15)6-8)22(20,21)16-9-3-4-10(14)12(7-9)17(18)19/h2-7,16H,1H3. The largest absolute Gasteiger partial charge is 0.289 e. The molecule has 0 aromatic heterocycles. The Balaban J connectivity index is 2.41. The van der Waals surface area contributed by atoms with Gasteiger partial charge in [0.15, 0.2) is 0 Å². The minimum absolute atomic E-state index is 0.0211. The van der Waals surface area contributed by atoms with Crippen LogP contribution in [-0.2, 0) is 10.0 Å². The zero-order chi connectivity index (χ0) is 16.5. The van der Waals surface area contributed by atoms with Gasteiger partial charge >= 0.3 is 0 Å². The van der Waals surface area contributed by atoms with E-state index in [-0.39, 0.29) is 20.6 Å². The van der Waals surface area contributed by atoms with Crippen molar-refractivity contribution in [2.45, 2.75) is 11.8 Å². The van der Waals surface area contributed by atoms with Crippen molar-refractivity contribution in [3.8, 4) is 0 Å². The maximum absolute atomic E-state index is 12.3. The van der Waals surface area contributed by atoms with Gasteiger partial charge in [0.05, 0.1) is 15.6 Å². The highest BCUT2D eigenvalue weighted by molar-refractivity contribution is 7.92. The van der Waals surface area contributed by atoms with Crippen LogP contribution in [0.4, 0.5) is 11.4 Å². The number of nitrogens with zero attached hydrogens (tertiary/aromatic N) is 1. The lowest BCUT2D eigenvalue weighted by molar-refractivity contribution is -0.384. The van der Waals surface area contributed by atoms with Gasteiger partial charge in [-0.15, -0.1) is 0 Å². The van der Waals surface area contributed by atoms with Gasteiger partial charge in [0.2, 0.25) is 0 Å². The monoisotopic (exact) mass is 360 g/mol. The highest BCUT2D eigenvalue weighted by Gasteiger charge is 2.20. The maximum Gasteiger partial charge on any atom is 0.289 e. The Morgan fingerprint density at radius 1 is 1.09 bits per heavy atom. The Morgan fingerprint density at radius 3 is 2.36 bits per heavy atom. The molecule has 0 amide bonds. The molecule has 22 heavy (non-hydrogen) atoms. The number of aryl methyl sites for hydroxylation is 1.